The number of benzene rings is 1. The van der Waals surface area contributed by atoms with Crippen molar-refractivity contribution in [3.8, 4) is 5.82 Å². The fraction of sp³-hybridized carbons (Fsp3) is 0.269. The number of nitrogens with one attached hydrogen (secondary N) is 2. The lowest BCUT2D eigenvalue weighted by atomic mass is 10.1. The molecule has 4 aromatic rings. The van der Waals surface area contributed by atoms with Gasteiger partial charge in [0, 0.05) is 23.3 Å². The molecule has 2 amide bonds. The summed E-state index contributed by atoms with van der Waals surface area (Å²) in [5, 5.41) is 12.7. The van der Waals surface area contributed by atoms with Gasteiger partial charge in [-0.2, -0.15) is 36.5 Å². The maximum Gasteiger partial charge on any atom is 0.435 e. The molecule has 0 unspecified atom stereocenters. The van der Waals surface area contributed by atoms with E-state index in [-0.39, 0.29) is 55.3 Å². The van der Waals surface area contributed by atoms with Gasteiger partial charge in [0.2, 0.25) is 0 Å². The second kappa shape index (κ2) is 11.9. The maximum absolute atomic E-state index is 13.6. The average Bonchev–Trinajstić information content (AvgIpc) is 3.50. The van der Waals surface area contributed by atoms with Crippen molar-refractivity contribution in [2.75, 3.05) is 5.32 Å². The van der Waals surface area contributed by atoms with Crippen LogP contribution in [0.15, 0.2) is 42.6 Å². The molecule has 0 aliphatic heterocycles. The Morgan fingerprint density at radius 3 is 2.28 bits per heavy atom. The second-order valence-corrected chi connectivity index (χ2v) is 10.4. The number of halogens is 8. The smallest absolute Gasteiger partial charge is 0.350 e. The van der Waals surface area contributed by atoms with E-state index in [9.17, 15) is 35.9 Å². The van der Waals surface area contributed by atoms with Gasteiger partial charge in [0.25, 0.3) is 11.8 Å². The molecule has 17 heteroatoms. The van der Waals surface area contributed by atoms with Gasteiger partial charge in [-0.1, -0.05) is 23.2 Å². The Labute approximate surface area is 249 Å². The molecule has 2 N–H and O–H groups in total. The highest BCUT2D eigenvalue weighted by Crippen LogP contribution is 2.35. The Kier molecular flexibility index (Phi) is 8.79. The van der Waals surface area contributed by atoms with Crippen LogP contribution in [0.2, 0.25) is 10.0 Å². The number of aryl methyl sites for hydroxylation is 1. The summed E-state index contributed by atoms with van der Waals surface area (Å²) >= 11 is 12.4. The molecule has 0 saturated carbocycles. The molecule has 0 aliphatic rings. The molecule has 0 fully saturated rings. The molecule has 0 bridgehead atoms. The third kappa shape index (κ3) is 7.10. The Bertz CT molecular complexity index is 1700. The molecular formula is C26H21Cl2F6N7O2. The summed E-state index contributed by atoms with van der Waals surface area (Å²) in [6.07, 6.45) is -9.01. The van der Waals surface area contributed by atoms with Gasteiger partial charge >= 0.3 is 12.4 Å². The fourth-order valence-electron chi connectivity index (χ4n) is 4.03. The first-order valence-electron chi connectivity index (χ1n) is 12.3. The number of carbonyl (C=O) groups excluding carboxylic acids is 2. The van der Waals surface area contributed by atoms with Crippen molar-refractivity contribution in [2.24, 2.45) is 0 Å². The van der Waals surface area contributed by atoms with Crippen molar-refractivity contribution in [3.05, 3.63) is 86.5 Å². The first-order chi connectivity index (χ1) is 20.0. The van der Waals surface area contributed by atoms with Gasteiger partial charge in [-0.05, 0) is 56.7 Å². The van der Waals surface area contributed by atoms with Crippen molar-refractivity contribution in [3.63, 3.8) is 0 Å². The Morgan fingerprint density at radius 2 is 1.67 bits per heavy atom. The van der Waals surface area contributed by atoms with Gasteiger partial charge in [-0.15, -0.1) is 0 Å². The van der Waals surface area contributed by atoms with E-state index in [0.717, 1.165) is 10.7 Å². The normalized spacial score (nSPS) is 12.1. The number of hydrogen-bond donors (Lipinski definition) is 2. The summed E-state index contributed by atoms with van der Waals surface area (Å²) < 4.78 is 81.4. The lowest BCUT2D eigenvalue weighted by Crippen LogP contribution is -2.31. The van der Waals surface area contributed by atoms with Gasteiger partial charge < -0.3 is 10.6 Å². The van der Waals surface area contributed by atoms with Crippen molar-refractivity contribution in [1.82, 2.24) is 29.9 Å². The molecular weight excluding hydrogens is 627 g/mol. The molecule has 0 saturated heterocycles. The van der Waals surface area contributed by atoms with E-state index in [1.54, 1.807) is 20.8 Å². The molecule has 43 heavy (non-hydrogen) atoms. The molecule has 1 aromatic carbocycles. The van der Waals surface area contributed by atoms with E-state index >= 15 is 0 Å². The summed E-state index contributed by atoms with van der Waals surface area (Å²) in [6, 6.07) is 6.40. The third-order valence-corrected chi connectivity index (χ3v) is 6.32. The van der Waals surface area contributed by atoms with Crippen molar-refractivity contribution < 1.29 is 35.9 Å². The average molecular weight is 648 g/mol. The summed E-state index contributed by atoms with van der Waals surface area (Å²) in [4.78, 5) is 30.6. The van der Waals surface area contributed by atoms with Crippen LogP contribution in [-0.4, -0.2) is 42.4 Å². The number of aromatic nitrogens is 5. The van der Waals surface area contributed by atoms with Crippen LogP contribution >= 0.6 is 23.2 Å². The van der Waals surface area contributed by atoms with Crippen LogP contribution in [0.25, 0.3) is 5.82 Å². The lowest BCUT2D eigenvalue weighted by Gasteiger charge is -2.16. The Balaban J connectivity index is 1.81. The van der Waals surface area contributed by atoms with Crippen LogP contribution in [-0.2, 0) is 18.9 Å². The van der Waals surface area contributed by atoms with Crippen molar-refractivity contribution in [2.45, 2.75) is 45.7 Å². The van der Waals surface area contributed by atoms with Crippen molar-refractivity contribution >= 4 is 40.7 Å². The van der Waals surface area contributed by atoms with Crippen LogP contribution in [0.3, 0.4) is 0 Å². The van der Waals surface area contributed by atoms with E-state index < -0.39 is 42.1 Å². The van der Waals surface area contributed by atoms with Gasteiger partial charge in [-0.3, -0.25) is 14.3 Å². The van der Waals surface area contributed by atoms with E-state index in [0.29, 0.717) is 5.56 Å². The van der Waals surface area contributed by atoms with Crippen LogP contribution in [0.1, 0.15) is 57.3 Å². The minimum absolute atomic E-state index is 0.000279. The summed E-state index contributed by atoms with van der Waals surface area (Å²) in [7, 11) is 0. The molecule has 3 heterocycles. The molecule has 0 aliphatic carbocycles. The second-order valence-electron chi connectivity index (χ2n) is 9.54. The number of alkyl halides is 6. The van der Waals surface area contributed by atoms with Gasteiger partial charge in [-0.25, -0.2) is 9.67 Å². The molecule has 9 nitrogen and oxygen atoms in total. The molecule has 0 atom stereocenters. The standard InChI is InChI=1S/C26H21Cl2F6N7O2/c1-12(2)36-23(42)16-8-14(27)7-13(3)21(16)37-24(43)18-9-15(38-41(18)22-17(28)5-4-6-35-22)11-40-20(26(32,33)34)10-19(39-40)25(29,30)31/h4-10,12H,11H2,1-3H3,(H,36,42)(H,37,43). The maximum atomic E-state index is 13.6. The number of rotatable bonds is 7. The predicted octanol–water partition coefficient (Wildman–Crippen LogP) is 6.56. The van der Waals surface area contributed by atoms with E-state index in [1.807, 2.05) is 0 Å². The topological polar surface area (TPSA) is 107 Å². The van der Waals surface area contributed by atoms with Crippen molar-refractivity contribution in [1.29, 1.82) is 0 Å². The fourth-order valence-corrected chi connectivity index (χ4v) is 4.50. The van der Waals surface area contributed by atoms with E-state index in [1.165, 1.54) is 30.5 Å². The molecule has 4 rings (SSSR count). The minimum atomic E-state index is -5.18. The molecule has 3 aromatic heterocycles. The van der Waals surface area contributed by atoms with Gasteiger partial charge in [0.1, 0.15) is 11.4 Å². The third-order valence-electron chi connectivity index (χ3n) is 5.81. The number of amides is 2. The molecule has 0 spiro atoms. The predicted molar refractivity (Wildman–Crippen MR) is 144 cm³/mol. The van der Waals surface area contributed by atoms with Crippen LogP contribution < -0.4 is 10.6 Å². The Morgan fingerprint density at radius 1 is 0.977 bits per heavy atom. The highest BCUT2D eigenvalue weighted by molar-refractivity contribution is 6.32. The first-order valence-corrected chi connectivity index (χ1v) is 13.1. The summed E-state index contributed by atoms with van der Waals surface area (Å²) in [5.74, 6) is -1.53. The van der Waals surface area contributed by atoms with Crippen LogP contribution in [0, 0.1) is 6.92 Å². The number of hydrogen-bond acceptors (Lipinski definition) is 5. The van der Waals surface area contributed by atoms with E-state index in [4.69, 9.17) is 23.2 Å². The molecule has 228 valence electrons. The SMILES string of the molecule is Cc1cc(Cl)cc(C(=O)NC(C)C)c1NC(=O)c1cc(Cn2nc(C(F)(F)F)cc2C(F)(F)F)nn1-c1ncccc1Cl. The van der Waals surface area contributed by atoms with E-state index in [2.05, 4.69) is 25.8 Å². The highest BCUT2D eigenvalue weighted by Gasteiger charge is 2.42. The molecule has 0 radical (unpaired) electrons. The number of carbonyl (C=O) groups is 2. The zero-order valence-corrected chi connectivity index (χ0v) is 23.9. The Hall–Kier alpha value is -4.11. The van der Waals surface area contributed by atoms with Gasteiger partial charge in [0.15, 0.2) is 11.5 Å². The van der Waals surface area contributed by atoms with Crippen LogP contribution in [0.5, 0.6) is 0 Å². The quantitative estimate of drug-likeness (QED) is 0.221. The minimum Gasteiger partial charge on any atom is -0.350 e. The highest BCUT2D eigenvalue weighted by atomic mass is 35.5. The van der Waals surface area contributed by atoms with Gasteiger partial charge in [0.05, 0.1) is 28.5 Å². The zero-order valence-electron chi connectivity index (χ0n) is 22.4. The summed E-state index contributed by atoms with van der Waals surface area (Å²) in [6.45, 7) is 4.14. The number of pyridine rings is 1. The van der Waals surface area contributed by atoms with Crippen LogP contribution in [0.4, 0.5) is 32.0 Å². The summed E-state index contributed by atoms with van der Waals surface area (Å²) in [5.41, 5.74) is -3.50. The first kappa shape index (κ1) is 31.8. The number of nitrogens with zero attached hydrogens (tertiary/aromatic N) is 5. The monoisotopic (exact) mass is 647 g/mol. The lowest BCUT2D eigenvalue weighted by molar-refractivity contribution is -0.144. The largest absolute Gasteiger partial charge is 0.435 e. The zero-order chi connectivity index (χ0) is 31.9. The number of anilines is 1.